The van der Waals surface area contributed by atoms with Crippen molar-refractivity contribution in [1.82, 2.24) is 0 Å². The molecule has 0 saturated heterocycles. The monoisotopic (exact) mass is 441 g/mol. The first kappa shape index (κ1) is 18.0. The summed E-state index contributed by atoms with van der Waals surface area (Å²) in [6.45, 7) is 4.95. The Morgan fingerprint density at radius 1 is 0.739 bits per heavy atom. The molecule has 23 heavy (non-hydrogen) atoms. The summed E-state index contributed by atoms with van der Waals surface area (Å²) in [5, 5.41) is 0. The third-order valence-corrected chi connectivity index (χ3v) is 3.75. The first-order valence-corrected chi connectivity index (χ1v) is 8.72. The van der Waals surface area contributed by atoms with E-state index in [0.717, 1.165) is 8.95 Å². The van der Waals surface area contributed by atoms with Crippen LogP contribution in [0.2, 0.25) is 0 Å². The fourth-order valence-electron chi connectivity index (χ4n) is 1.83. The minimum atomic E-state index is 0.555. The van der Waals surface area contributed by atoms with Crippen molar-refractivity contribution in [3.05, 3.63) is 45.3 Å². The van der Waals surface area contributed by atoms with Crippen molar-refractivity contribution in [1.29, 1.82) is 0 Å². The zero-order valence-corrected chi connectivity index (χ0v) is 16.0. The maximum atomic E-state index is 5.57. The third kappa shape index (κ3) is 5.36. The van der Waals surface area contributed by atoms with Crippen molar-refractivity contribution in [2.24, 2.45) is 0 Å². The van der Waals surface area contributed by atoms with Crippen molar-refractivity contribution < 1.29 is 18.8 Å². The van der Waals surface area contributed by atoms with Gasteiger partial charge >= 0.3 is 7.69 Å². The van der Waals surface area contributed by atoms with Crippen LogP contribution in [0, 0.1) is 0 Å². The molecule has 0 aliphatic heterocycles. The first-order valence-electron chi connectivity index (χ1n) is 7.13. The van der Waals surface area contributed by atoms with Gasteiger partial charge in [0.15, 0.2) is 11.5 Å². The molecule has 2 aromatic rings. The third-order valence-electron chi connectivity index (χ3n) is 2.76. The van der Waals surface area contributed by atoms with E-state index in [4.69, 9.17) is 18.8 Å². The molecule has 1 radical (unpaired) electrons. The quantitative estimate of drug-likeness (QED) is 0.539. The Kier molecular flexibility index (Phi) is 7.11. The molecule has 0 aromatic heterocycles. The van der Waals surface area contributed by atoms with Crippen molar-refractivity contribution >= 4 is 39.5 Å². The lowest BCUT2D eigenvalue weighted by atomic mass is 10.2. The first-order chi connectivity index (χ1) is 11.1. The Labute approximate surface area is 153 Å². The summed E-state index contributed by atoms with van der Waals surface area (Å²) in [5.74, 6) is 2.42. The summed E-state index contributed by atoms with van der Waals surface area (Å²) in [5.41, 5.74) is 0. The molecule has 4 nitrogen and oxygen atoms in total. The summed E-state index contributed by atoms with van der Waals surface area (Å²) in [4.78, 5) is 0. The van der Waals surface area contributed by atoms with E-state index in [9.17, 15) is 0 Å². The summed E-state index contributed by atoms with van der Waals surface area (Å²) in [6.07, 6.45) is 0. The molecule has 0 N–H and O–H groups in total. The molecule has 0 atom stereocenters. The molecular weight excluding hydrogens is 427 g/mol. The van der Waals surface area contributed by atoms with Gasteiger partial charge in [-0.1, -0.05) is 31.9 Å². The van der Waals surface area contributed by atoms with E-state index in [0.29, 0.717) is 36.2 Å². The van der Waals surface area contributed by atoms with Gasteiger partial charge in [-0.25, -0.2) is 0 Å². The minimum absolute atomic E-state index is 0.555. The molecule has 0 bridgehead atoms. The fraction of sp³-hybridized carbons (Fsp3) is 0.250. The zero-order valence-electron chi connectivity index (χ0n) is 12.8. The van der Waals surface area contributed by atoms with E-state index in [1.807, 2.05) is 50.2 Å². The van der Waals surface area contributed by atoms with E-state index in [1.54, 1.807) is 0 Å². The molecule has 2 aromatic carbocycles. The Balaban J connectivity index is 2.05. The zero-order chi connectivity index (χ0) is 16.7. The molecule has 0 unspecified atom stereocenters. The second-order valence-electron chi connectivity index (χ2n) is 4.38. The topological polar surface area (TPSA) is 36.9 Å². The summed E-state index contributed by atoms with van der Waals surface area (Å²) >= 11 is 6.82. The van der Waals surface area contributed by atoms with Crippen LogP contribution in [0.25, 0.3) is 0 Å². The average Bonchev–Trinajstić information content (AvgIpc) is 2.53. The van der Waals surface area contributed by atoms with Crippen LogP contribution >= 0.6 is 31.9 Å². The van der Waals surface area contributed by atoms with E-state index in [1.165, 1.54) is 7.69 Å². The highest BCUT2D eigenvalue weighted by molar-refractivity contribution is 9.10. The van der Waals surface area contributed by atoms with E-state index < -0.39 is 0 Å². The number of halogens is 2. The largest absolute Gasteiger partial charge is 0.658 e. The van der Waals surface area contributed by atoms with Crippen molar-refractivity contribution in [2.75, 3.05) is 13.2 Å². The molecule has 7 heteroatoms. The van der Waals surface area contributed by atoms with Gasteiger partial charge in [0.2, 0.25) is 0 Å². The molecule has 0 aliphatic rings. The molecule has 0 spiro atoms. The van der Waals surface area contributed by atoms with Gasteiger partial charge in [-0.3, -0.25) is 0 Å². The summed E-state index contributed by atoms with van der Waals surface area (Å²) < 4.78 is 24.0. The molecule has 0 saturated carbocycles. The van der Waals surface area contributed by atoms with Crippen LogP contribution < -0.4 is 18.8 Å². The van der Waals surface area contributed by atoms with Crippen LogP contribution in [-0.4, -0.2) is 20.9 Å². The van der Waals surface area contributed by atoms with Crippen molar-refractivity contribution in [3.63, 3.8) is 0 Å². The molecular formula is C16H16BBr2O4. The van der Waals surface area contributed by atoms with E-state index in [-0.39, 0.29) is 0 Å². The number of rotatable bonds is 8. The van der Waals surface area contributed by atoms with Gasteiger partial charge in [0.1, 0.15) is 11.5 Å². The van der Waals surface area contributed by atoms with Gasteiger partial charge in [0.05, 0.1) is 13.2 Å². The Bertz CT molecular complexity index is 596. The fourth-order valence-corrected chi connectivity index (χ4v) is 2.51. The summed E-state index contributed by atoms with van der Waals surface area (Å²) in [6, 6.07) is 11.1. The van der Waals surface area contributed by atoms with E-state index >= 15 is 0 Å². The van der Waals surface area contributed by atoms with Crippen LogP contribution in [0.5, 0.6) is 23.0 Å². The van der Waals surface area contributed by atoms with Gasteiger partial charge in [-0.2, -0.15) is 0 Å². The SMILES string of the molecule is CCOc1ccc(Br)cc1O[B]Oc1cc(Br)ccc1OCC. The van der Waals surface area contributed by atoms with Crippen molar-refractivity contribution in [3.8, 4) is 23.0 Å². The van der Waals surface area contributed by atoms with Gasteiger partial charge in [-0.05, 0) is 50.2 Å². The molecule has 0 aliphatic carbocycles. The Morgan fingerprint density at radius 3 is 1.57 bits per heavy atom. The molecule has 0 heterocycles. The van der Waals surface area contributed by atoms with Crippen LogP contribution in [-0.2, 0) is 0 Å². The Morgan fingerprint density at radius 2 is 1.17 bits per heavy atom. The number of hydrogen-bond donors (Lipinski definition) is 0. The lowest BCUT2D eigenvalue weighted by molar-refractivity contribution is 0.317. The second kappa shape index (κ2) is 9.08. The van der Waals surface area contributed by atoms with Gasteiger partial charge in [0, 0.05) is 8.95 Å². The average molecular weight is 443 g/mol. The normalized spacial score (nSPS) is 10.1. The lowest BCUT2D eigenvalue weighted by Crippen LogP contribution is -2.12. The van der Waals surface area contributed by atoms with E-state index in [2.05, 4.69) is 31.9 Å². The number of benzene rings is 2. The maximum Gasteiger partial charge on any atom is 0.658 e. The van der Waals surface area contributed by atoms with Crippen molar-refractivity contribution in [2.45, 2.75) is 13.8 Å². The standard InChI is InChI=1S/C16H16BBr2O4/c1-3-20-13-7-5-11(18)9-15(13)22-17-23-16-10-12(19)6-8-14(16)21-4-2/h5-10H,3-4H2,1-2H3. The Hall–Kier alpha value is -1.34. The lowest BCUT2D eigenvalue weighted by Gasteiger charge is -2.14. The summed E-state index contributed by atoms with van der Waals surface area (Å²) in [7, 11) is 1.26. The highest BCUT2D eigenvalue weighted by Crippen LogP contribution is 2.32. The smallest absolute Gasteiger partial charge is 0.524 e. The van der Waals surface area contributed by atoms with Gasteiger partial charge in [0.25, 0.3) is 0 Å². The molecule has 121 valence electrons. The molecule has 0 fully saturated rings. The highest BCUT2D eigenvalue weighted by atomic mass is 79.9. The number of hydrogen-bond acceptors (Lipinski definition) is 4. The number of ether oxygens (including phenoxy) is 2. The van der Waals surface area contributed by atoms with Crippen LogP contribution in [0.4, 0.5) is 0 Å². The van der Waals surface area contributed by atoms with Gasteiger partial charge in [-0.15, -0.1) is 0 Å². The molecule has 0 amide bonds. The predicted molar refractivity (Wildman–Crippen MR) is 97.6 cm³/mol. The maximum absolute atomic E-state index is 5.57. The minimum Gasteiger partial charge on any atom is -0.524 e. The highest BCUT2D eigenvalue weighted by Gasteiger charge is 2.11. The predicted octanol–water partition coefficient (Wildman–Crippen LogP) is 5.00. The van der Waals surface area contributed by atoms with Crippen LogP contribution in [0.1, 0.15) is 13.8 Å². The van der Waals surface area contributed by atoms with Gasteiger partial charge < -0.3 is 18.8 Å². The van der Waals surface area contributed by atoms with Crippen LogP contribution in [0.3, 0.4) is 0 Å². The van der Waals surface area contributed by atoms with Crippen LogP contribution in [0.15, 0.2) is 45.3 Å². The molecule has 2 rings (SSSR count). The second-order valence-corrected chi connectivity index (χ2v) is 6.21.